The van der Waals surface area contributed by atoms with Crippen molar-refractivity contribution in [1.82, 2.24) is 5.32 Å². The van der Waals surface area contributed by atoms with Gasteiger partial charge in [-0.3, -0.25) is 0 Å². The Morgan fingerprint density at radius 1 is 1.26 bits per heavy atom. The normalized spacial score (nSPS) is 12.6. The van der Waals surface area contributed by atoms with Crippen molar-refractivity contribution in [2.24, 2.45) is 0 Å². The summed E-state index contributed by atoms with van der Waals surface area (Å²) in [6, 6.07) is 4.50. The lowest BCUT2D eigenvalue weighted by Crippen LogP contribution is -2.25. The van der Waals surface area contributed by atoms with Crippen LogP contribution in [0.25, 0.3) is 0 Å². The molecule has 1 atom stereocenters. The lowest BCUT2D eigenvalue weighted by atomic mass is 10.1. The van der Waals surface area contributed by atoms with Crippen LogP contribution < -0.4 is 14.8 Å². The molecule has 108 valence electrons. The van der Waals surface area contributed by atoms with Crippen LogP contribution in [-0.4, -0.2) is 19.3 Å². The van der Waals surface area contributed by atoms with Gasteiger partial charge >= 0.3 is 0 Å². The molecule has 0 aliphatic heterocycles. The summed E-state index contributed by atoms with van der Waals surface area (Å²) in [5.74, 6) is 1.60. The Labute approximate surface area is 124 Å². The predicted octanol–water partition coefficient (Wildman–Crippen LogP) is 4.13. The van der Waals surface area contributed by atoms with Gasteiger partial charge in [0.1, 0.15) is 0 Å². The fraction of sp³-hybridized carbons (Fsp3) is 0.600. The van der Waals surface area contributed by atoms with E-state index in [-0.39, 0.29) is 6.10 Å². The smallest absolute Gasteiger partial charge is 0.166 e. The van der Waals surface area contributed by atoms with Crippen LogP contribution in [0.4, 0.5) is 0 Å². The minimum atomic E-state index is 0.123. The van der Waals surface area contributed by atoms with Crippen molar-refractivity contribution < 1.29 is 9.47 Å². The maximum Gasteiger partial charge on any atom is 0.166 e. The van der Waals surface area contributed by atoms with Gasteiger partial charge in [-0.1, -0.05) is 22.9 Å². The minimum Gasteiger partial charge on any atom is -0.493 e. The van der Waals surface area contributed by atoms with Crippen molar-refractivity contribution in [3.05, 3.63) is 22.2 Å². The average molecular weight is 330 g/mol. The summed E-state index contributed by atoms with van der Waals surface area (Å²) in [4.78, 5) is 0. The summed E-state index contributed by atoms with van der Waals surface area (Å²) < 4.78 is 12.3. The second-order valence-corrected chi connectivity index (χ2v) is 5.87. The number of halogens is 1. The monoisotopic (exact) mass is 329 g/mol. The molecule has 4 heteroatoms. The average Bonchev–Trinajstić information content (AvgIpc) is 2.37. The van der Waals surface area contributed by atoms with Gasteiger partial charge in [-0.25, -0.2) is 0 Å². The summed E-state index contributed by atoms with van der Waals surface area (Å²) in [6.45, 7) is 9.16. The summed E-state index contributed by atoms with van der Waals surface area (Å²) in [5.41, 5.74) is 1.11. The molecular formula is C15H24BrNO2. The molecule has 0 saturated carbocycles. The van der Waals surface area contributed by atoms with Crippen LogP contribution in [0.5, 0.6) is 11.5 Å². The van der Waals surface area contributed by atoms with Gasteiger partial charge in [-0.05, 0) is 39.3 Å². The van der Waals surface area contributed by atoms with E-state index in [1.165, 1.54) is 0 Å². The molecule has 0 aromatic heterocycles. The van der Waals surface area contributed by atoms with Crippen LogP contribution in [-0.2, 0) is 6.54 Å². The highest BCUT2D eigenvalue weighted by molar-refractivity contribution is 9.10. The van der Waals surface area contributed by atoms with E-state index in [9.17, 15) is 0 Å². The standard InChI is InChI=1S/C15H24BrNO2/c1-6-11(4)17-9-12-7-13(16)8-14(18-5)15(12)19-10(2)3/h7-8,10-11,17H,6,9H2,1-5H3. The number of nitrogens with one attached hydrogen (secondary N) is 1. The number of hydrogen-bond acceptors (Lipinski definition) is 3. The molecule has 0 spiro atoms. The van der Waals surface area contributed by atoms with Gasteiger partial charge in [0.15, 0.2) is 11.5 Å². The van der Waals surface area contributed by atoms with E-state index in [1.807, 2.05) is 19.9 Å². The highest BCUT2D eigenvalue weighted by atomic mass is 79.9. The van der Waals surface area contributed by atoms with E-state index >= 15 is 0 Å². The third kappa shape index (κ3) is 5.03. The first-order valence-electron chi connectivity index (χ1n) is 6.74. The van der Waals surface area contributed by atoms with Crippen molar-refractivity contribution in [3.63, 3.8) is 0 Å². The zero-order valence-electron chi connectivity index (χ0n) is 12.4. The van der Waals surface area contributed by atoms with E-state index in [0.717, 1.165) is 34.5 Å². The fourth-order valence-electron chi connectivity index (χ4n) is 1.70. The molecule has 0 heterocycles. The Bertz CT molecular complexity index is 407. The Morgan fingerprint density at radius 3 is 2.47 bits per heavy atom. The van der Waals surface area contributed by atoms with Gasteiger partial charge in [0.2, 0.25) is 0 Å². The van der Waals surface area contributed by atoms with Crippen molar-refractivity contribution in [1.29, 1.82) is 0 Å². The third-order valence-corrected chi connectivity index (χ3v) is 3.38. The maximum absolute atomic E-state index is 5.90. The van der Waals surface area contributed by atoms with Crippen LogP contribution in [0.1, 0.15) is 39.7 Å². The quantitative estimate of drug-likeness (QED) is 0.815. The molecule has 1 aromatic rings. The van der Waals surface area contributed by atoms with Crippen LogP contribution >= 0.6 is 15.9 Å². The number of benzene rings is 1. The van der Waals surface area contributed by atoms with E-state index < -0.39 is 0 Å². The van der Waals surface area contributed by atoms with Crippen molar-refractivity contribution in [2.75, 3.05) is 7.11 Å². The van der Waals surface area contributed by atoms with Crippen LogP contribution in [0.2, 0.25) is 0 Å². The number of methoxy groups -OCH3 is 1. The van der Waals surface area contributed by atoms with E-state index in [2.05, 4.69) is 41.2 Å². The van der Waals surface area contributed by atoms with Gasteiger partial charge in [-0.2, -0.15) is 0 Å². The van der Waals surface area contributed by atoms with E-state index in [4.69, 9.17) is 9.47 Å². The molecule has 0 amide bonds. The van der Waals surface area contributed by atoms with Crippen molar-refractivity contribution in [3.8, 4) is 11.5 Å². The summed E-state index contributed by atoms with van der Waals surface area (Å²) >= 11 is 3.51. The Kier molecular flexibility index (Phi) is 6.66. The SMILES string of the molecule is CCC(C)NCc1cc(Br)cc(OC)c1OC(C)C. The molecular weight excluding hydrogens is 306 g/mol. The van der Waals surface area contributed by atoms with Gasteiger partial charge < -0.3 is 14.8 Å². The highest BCUT2D eigenvalue weighted by Crippen LogP contribution is 2.35. The first-order chi connectivity index (χ1) is 8.97. The molecule has 0 saturated heterocycles. The fourth-order valence-corrected chi connectivity index (χ4v) is 2.19. The lowest BCUT2D eigenvalue weighted by molar-refractivity contribution is 0.227. The number of ether oxygens (including phenoxy) is 2. The molecule has 0 aliphatic carbocycles. The van der Waals surface area contributed by atoms with Crippen molar-refractivity contribution >= 4 is 15.9 Å². The molecule has 1 unspecified atom stereocenters. The Morgan fingerprint density at radius 2 is 1.95 bits per heavy atom. The van der Waals surface area contributed by atoms with Gasteiger partial charge in [0.25, 0.3) is 0 Å². The Balaban J connectivity index is 3.01. The number of rotatable bonds is 7. The first-order valence-corrected chi connectivity index (χ1v) is 7.53. The summed E-state index contributed by atoms with van der Waals surface area (Å²) in [5, 5.41) is 3.48. The van der Waals surface area contributed by atoms with Gasteiger partial charge in [-0.15, -0.1) is 0 Å². The van der Waals surface area contributed by atoms with Crippen LogP contribution in [0, 0.1) is 0 Å². The molecule has 0 radical (unpaired) electrons. The predicted molar refractivity (Wildman–Crippen MR) is 83.1 cm³/mol. The zero-order valence-corrected chi connectivity index (χ0v) is 14.0. The second-order valence-electron chi connectivity index (χ2n) is 4.95. The zero-order chi connectivity index (χ0) is 14.4. The largest absolute Gasteiger partial charge is 0.493 e. The lowest BCUT2D eigenvalue weighted by Gasteiger charge is -2.19. The first kappa shape index (κ1) is 16.3. The molecule has 0 aliphatic rings. The molecule has 3 nitrogen and oxygen atoms in total. The maximum atomic E-state index is 5.90. The number of hydrogen-bond donors (Lipinski definition) is 1. The van der Waals surface area contributed by atoms with Crippen LogP contribution in [0.3, 0.4) is 0 Å². The second kappa shape index (κ2) is 7.75. The summed E-state index contributed by atoms with van der Waals surface area (Å²) in [7, 11) is 1.67. The molecule has 1 rings (SSSR count). The van der Waals surface area contributed by atoms with Crippen molar-refractivity contribution in [2.45, 2.75) is 52.8 Å². The van der Waals surface area contributed by atoms with Crippen LogP contribution in [0.15, 0.2) is 16.6 Å². The topological polar surface area (TPSA) is 30.5 Å². The molecule has 1 N–H and O–H groups in total. The molecule has 0 bridgehead atoms. The molecule has 0 fully saturated rings. The highest BCUT2D eigenvalue weighted by Gasteiger charge is 2.14. The van der Waals surface area contributed by atoms with E-state index in [1.54, 1.807) is 7.11 Å². The Hall–Kier alpha value is -0.740. The van der Waals surface area contributed by atoms with Gasteiger partial charge in [0, 0.05) is 22.6 Å². The molecule has 19 heavy (non-hydrogen) atoms. The third-order valence-electron chi connectivity index (χ3n) is 2.92. The summed E-state index contributed by atoms with van der Waals surface area (Å²) in [6.07, 6.45) is 1.23. The molecule has 1 aromatic carbocycles. The minimum absolute atomic E-state index is 0.123. The van der Waals surface area contributed by atoms with E-state index in [0.29, 0.717) is 6.04 Å². The van der Waals surface area contributed by atoms with Gasteiger partial charge in [0.05, 0.1) is 13.2 Å².